The van der Waals surface area contributed by atoms with E-state index in [-0.39, 0.29) is 0 Å². The third-order valence-electron chi connectivity index (χ3n) is 5.99. The predicted molar refractivity (Wildman–Crippen MR) is 127 cm³/mol. The van der Waals surface area contributed by atoms with Gasteiger partial charge < -0.3 is 10.2 Å². The zero-order valence-electron chi connectivity index (χ0n) is 18.2. The molecule has 0 aromatic heterocycles. The minimum absolute atomic E-state index is 0.690. The summed E-state index contributed by atoms with van der Waals surface area (Å²) in [6.07, 6.45) is 4.94. The summed E-state index contributed by atoms with van der Waals surface area (Å²) in [5.41, 5.74) is 9.26. The van der Waals surface area contributed by atoms with Gasteiger partial charge in [0.25, 0.3) is 0 Å². The molecule has 1 unspecified atom stereocenters. The van der Waals surface area contributed by atoms with Crippen molar-refractivity contribution in [2.24, 2.45) is 0 Å². The van der Waals surface area contributed by atoms with Crippen LogP contribution < -0.4 is 0 Å². The van der Waals surface area contributed by atoms with E-state index in [1.807, 2.05) is 0 Å². The van der Waals surface area contributed by atoms with Crippen LogP contribution in [0.25, 0.3) is 17.2 Å². The van der Waals surface area contributed by atoms with Crippen LogP contribution in [0, 0.1) is 0 Å². The van der Waals surface area contributed by atoms with Crippen LogP contribution in [0.5, 0.6) is 0 Å². The molecule has 3 aromatic carbocycles. The van der Waals surface area contributed by atoms with Crippen LogP contribution in [0.1, 0.15) is 30.7 Å². The molecular formula is C26H31O2SiTi. The Morgan fingerprint density at radius 1 is 0.667 bits per heavy atom. The first-order chi connectivity index (χ1) is 14.8. The average molecular weight is 451 g/mol. The van der Waals surface area contributed by atoms with Crippen LogP contribution >= 0.6 is 0 Å². The maximum absolute atomic E-state index is 7.00. The molecule has 2 nitrogen and oxygen atoms in total. The molecule has 0 aliphatic heterocycles. The summed E-state index contributed by atoms with van der Waals surface area (Å²) in [6.45, 7) is 4.46. The molecule has 1 atom stereocenters. The summed E-state index contributed by atoms with van der Waals surface area (Å²) in [5, 5.41) is 14.0. The molecule has 5 rings (SSSR count). The summed E-state index contributed by atoms with van der Waals surface area (Å²) < 4.78 is 1.40. The van der Waals surface area contributed by atoms with Gasteiger partial charge in [0.15, 0.2) is 0 Å². The predicted octanol–water partition coefficient (Wildman–Crippen LogP) is 5.34. The molecule has 0 saturated carbocycles. The molecular weight excluding hydrogens is 420 g/mol. The van der Waals surface area contributed by atoms with E-state index >= 15 is 0 Å². The molecule has 0 fully saturated rings. The average Bonchev–Trinajstić information content (AvgIpc) is 3.37. The number of fused-ring (bicyclic) bond motifs is 4. The van der Waals surface area contributed by atoms with Crippen molar-refractivity contribution >= 4 is 12.7 Å². The van der Waals surface area contributed by atoms with E-state index in [2.05, 4.69) is 98.0 Å². The van der Waals surface area contributed by atoms with Gasteiger partial charge >= 0.3 is 164 Å². The number of aliphatic hydroxyl groups excluding tert-OH is 2. The molecule has 2 aliphatic carbocycles. The van der Waals surface area contributed by atoms with Gasteiger partial charge in [-0.2, -0.15) is 0 Å². The zero-order valence-corrected chi connectivity index (χ0v) is 20.9. The molecule has 3 aromatic rings. The fourth-order valence-corrected chi connectivity index (χ4v) is 19.4. The third-order valence-corrected chi connectivity index (χ3v) is 20.3. The van der Waals surface area contributed by atoms with E-state index in [0.717, 1.165) is 14.2 Å². The Hall–Kier alpha value is -1.75. The number of hydrogen-bond donors (Lipinski definition) is 2. The van der Waals surface area contributed by atoms with Crippen molar-refractivity contribution in [3.8, 4) is 11.1 Å². The molecule has 4 heteroatoms. The van der Waals surface area contributed by atoms with Crippen LogP contribution in [0.4, 0.5) is 0 Å². The van der Waals surface area contributed by atoms with E-state index in [4.69, 9.17) is 10.2 Å². The second kappa shape index (κ2) is 10.5. The number of rotatable bonds is 3. The summed E-state index contributed by atoms with van der Waals surface area (Å²) >= 11 is -1.42. The van der Waals surface area contributed by atoms with Crippen molar-refractivity contribution in [1.82, 2.24) is 0 Å². The van der Waals surface area contributed by atoms with Gasteiger partial charge in [0.05, 0.1) is 0 Å². The first-order valence-electron chi connectivity index (χ1n) is 10.5. The minimum atomic E-state index is -1.42. The van der Waals surface area contributed by atoms with Gasteiger partial charge in [-0.3, -0.25) is 0 Å². The van der Waals surface area contributed by atoms with E-state index in [1.165, 1.54) is 16.7 Å². The standard InChI is InChI=1S/C13H9.C9H7.C2H7Si.2CH4O.Ti/c1-3-7-12-10(5-1)9-11-6-2-4-8-13(11)12;1-2-5-9-7-3-6-8(9)4-1;1-3-2;2*1-2;/h1-9H;1-7H;3H,1-2H3;2*2H,1H3;. The Morgan fingerprint density at radius 2 is 1.13 bits per heavy atom. The van der Waals surface area contributed by atoms with Crippen molar-refractivity contribution in [3.63, 3.8) is 0 Å². The van der Waals surface area contributed by atoms with Crippen LogP contribution in [0.3, 0.4) is 0 Å². The molecule has 155 valence electrons. The van der Waals surface area contributed by atoms with Gasteiger partial charge in [-0.25, -0.2) is 0 Å². The van der Waals surface area contributed by atoms with Crippen LogP contribution in [0.15, 0.2) is 78.9 Å². The maximum atomic E-state index is 7.00. The van der Waals surface area contributed by atoms with Gasteiger partial charge in [-0.1, -0.05) is 0 Å². The first-order valence-corrected chi connectivity index (χ1v) is 17.9. The van der Waals surface area contributed by atoms with Gasteiger partial charge in [-0.05, 0) is 0 Å². The van der Waals surface area contributed by atoms with E-state index in [1.54, 1.807) is 16.7 Å². The van der Waals surface area contributed by atoms with E-state index in [9.17, 15) is 0 Å². The van der Waals surface area contributed by atoms with E-state index in [0.29, 0.717) is 8.45 Å². The van der Waals surface area contributed by atoms with Crippen molar-refractivity contribution in [2.75, 3.05) is 14.2 Å². The molecule has 0 radical (unpaired) electrons. The summed E-state index contributed by atoms with van der Waals surface area (Å²) in [4.78, 5) is 0. The van der Waals surface area contributed by atoms with Crippen molar-refractivity contribution in [2.45, 2.75) is 21.5 Å². The van der Waals surface area contributed by atoms with Crippen LogP contribution in [-0.2, 0) is 17.1 Å². The van der Waals surface area contributed by atoms with Gasteiger partial charge in [-0.15, -0.1) is 0 Å². The topological polar surface area (TPSA) is 40.5 Å². The quantitative estimate of drug-likeness (QED) is 0.528. The Labute approximate surface area is 187 Å². The zero-order chi connectivity index (χ0) is 21.7. The molecule has 0 saturated heterocycles. The SMILES string of the molecule is CO.CO.C[SiH](C)[Ti]([CH]1C=Cc2ccccc21)[CH]1c2ccccc2-c2ccccc21. The van der Waals surface area contributed by atoms with Crippen molar-refractivity contribution < 1.29 is 27.3 Å². The Morgan fingerprint density at radius 3 is 1.67 bits per heavy atom. The van der Waals surface area contributed by atoms with Crippen LogP contribution in [0.2, 0.25) is 13.1 Å². The fourth-order valence-electron chi connectivity index (χ4n) is 4.93. The molecule has 2 N–H and O–H groups in total. The summed E-state index contributed by atoms with van der Waals surface area (Å²) in [6, 6.07) is 27.5. The monoisotopic (exact) mass is 451 g/mol. The number of allylic oxidation sites excluding steroid dienone is 1. The molecule has 30 heavy (non-hydrogen) atoms. The molecule has 0 heterocycles. The van der Waals surface area contributed by atoms with Gasteiger partial charge in [0.1, 0.15) is 0 Å². The second-order valence-electron chi connectivity index (χ2n) is 7.73. The van der Waals surface area contributed by atoms with E-state index < -0.39 is 23.8 Å². The number of benzene rings is 3. The van der Waals surface area contributed by atoms with Crippen molar-refractivity contribution in [3.05, 3.63) is 101 Å². The summed E-state index contributed by atoms with van der Waals surface area (Å²) in [7, 11) is 2.00. The number of aliphatic hydroxyl groups is 2. The second-order valence-corrected chi connectivity index (χ2v) is 21.6. The van der Waals surface area contributed by atoms with Gasteiger partial charge in [0.2, 0.25) is 0 Å². The summed E-state index contributed by atoms with van der Waals surface area (Å²) in [5.74, 6) is 0. The first kappa shape index (κ1) is 22.9. The molecule has 0 spiro atoms. The molecule has 0 amide bonds. The van der Waals surface area contributed by atoms with Crippen LogP contribution in [-0.4, -0.2) is 31.1 Å². The Kier molecular flexibility index (Phi) is 8.04. The Bertz CT molecular complexity index is 970. The Balaban J connectivity index is 0.000000606. The normalized spacial score (nSPS) is 15.4. The molecule has 2 aliphatic rings. The van der Waals surface area contributed by atoms with Crippen molar-refractivity contribution in [1.29, 1.82) is 0 Å². The fraction of sp³-hybridized carbons (Fsp3) is 0.231. The number of hydrogen-bond acceptors (Lipinski definition) is 2. The third kappa shape index (κ3) is 4.05. The molecule has 0 bridgehead atoms. The van der Waals surface area contributed by atoms with Gasteiger partial charge in [0, 0.05) is 14.2 Å².